The molecule has 1 fully saturated rings. The van der Waals surface area contributed by atoms with Gasteiger partial charge in [-0.3, -0.25) is 4.79 Å². The van der Waals surface area contributed by atoms with Crippen LogP contribution in [0.15, 0.2) is 24.3 Å². The zero-order valence-electron chi connectivity index (χ0n) is 20.9. The Hall–Kier alpha value is -1.55. The molecular weight excluding hydrogens is 436 g/mol. The highest BCUT2D eigenvalue weighted by molar-refractivity contribution is 5.77. The zero-order chi connectivity index (χ0) is 24.3. The highest BCUT2D eigenvalue weighted by atomic mass is 16.6. The summed E-state index contributed by atoms with van der Waals surface area (Å²) in [7, 11) is 0. The molecule has 0 atom stereocenters. The fourth-order valence-corrected chi connectivity index (χ4v) is 3.59. The first-order valence-electron chi connectivity index (χ1n) is 12.6. The molecule has 2 rings (SSSR count). The number of carbonyl (C=O) groups excluding carboxylic acids is 1. The molecule has 1 aromatic rings. The lowest BCUT2D eigenvalue weighted by molar-refractivity contribution is -0.136. The summed E-state index contributed by atoms with van der Waals surface area (Å²) in [6.07, 6.45) is 4.75. The summed E-state index contributed by atoms with van der Waals surface area (Å²) < 4.78 is 27.3. The van der Waals surface area contributed by atoms with Crippen LogP contribution in [0.25, 0.3) is 0 Å². The lowest BCUT2D eigenvalue weighted by Crippen LogP contribution is -2.46. The number of amides is 1. The van der Waals surface area contributed by atoms with E-state index < -0.39 is 0 Å². The third-order valence-electron chi connectivity index (χ3n) is 5.81. The van der Waals surface area contributed by atoms with Gasteiger partial charge >= 0.3 is 0 Å². The number of nitrogens with two attached hydrogens (primary N) is 1. The Labute approximate surface area is 205 Å². The number of benzene rings is 1. The van der Waals surface area contributed by atoms with E-state index in [-0.39, 0.29) is 5.91 Å². The largest absolute Gasteiger partial charge is 0.378 e. The van der Waals surface area contributed by atoms with Gasteiger partial charge < -0.3 is 34.3 Å². The van der Waals surface area contributed by atoms with Crippen LogP contribution in [0.3, 0.4) is 0 Å². The van der Waals surface area contributed by atoms with Crippen molar-refractivity contribution in [1.29, 1.82) is 0 Å². The smallest absolute Gasteiger partial charge is 0.223 e. The van der Waals surface area contributed by atoms with Crippen molar-refractivity contribution in [1.82, 2.24) is 4.90 Å². The van der Waals surface area contributed by atoms with Crippen molar-refractivity contribution in [2.45, 2.75) is 45.1 Å². The van der Waals surface area contributed by atoms with Gasteiger partial charge in [-0.1, -0.05) is 29.8 Å². The topological polar surface area (TPSA) is 92.5 Å². The summed E-state index contributed by atoms with van der Waals surface area (Å²) in [6, 6.07) is 8.80. The van der Waals surface area contributed by atoms with Gasteiger partial charge in [0.05, 0.1) is 66.1 Å². The van der Waals surface area contributed by atoms with Gasteiger partial charge in [0, 0.05) is 25.6 Å². The van der Waals surface area contributed by atoms with Crippen molar-refractivity contribution >= 4 is 5.91 Å². The minimum absolute atomic E-state index is 0.231. The van der Waals surface area contributed by atoms with Crippen LogP contribution in [0.1, 0.15) is 36.8 Å². The predicted molar refractivity (Wildman–Crippen MR) is 132 cm³/mol. The van der Waals surface area contributed by atoms with Crippen molar-refractivity contribution in [3.63, 3.8) is 0 Å². The summed E-state index contributed by atoms with van der Waals surface area (Å²) in [5.74, 6) is 0.231. The fourth-order valence-electron chi connectivity index (χ4n) is 3.59. The van der Waals surface area contributed by atoms with Crippen LogP contribution in [0, 0.1) is 6.92 Å². The molecule has 0 unspecified atom stereocenters. The fraction of sp³-hybridized carbons (Fsp3) is 0.731. The second-order valence-electron chi connectivity index (χ2n) is 8.51. The van der Waals surface area contributed by atoms with Crippen molar-refractivity contribution in [2.75, 3.05) is 79.2 Å². The average Bonchev–Trinajstić information content (AvgIpc) is 2.81. The SMILES string of the molecule is Cc1ccc(CCC(=O)N(CCOCCOCCOCCOCCOCCN)C2CCC2)cc1. The van der Waals surface area contributed by atoms with Crippen molar-refractivity contribution in [3.05, 3.63) is 35.4 Å². The molecule has 2 N–H and O–H groups in total. The first-order chi connectivity index (χ1) is 16.7. The Morgan fingerprint density at radius 1 is 0.824 bits per heavy atom. The minimum atomic E-state index is 0.231. The molecule has 1 aliphatic carbocycles. The molecule has 1 saturated carbocycles. The van der Waals surface area contributed by atoms with Gasteiger partial charge in [-0.2, -0.15) is 0 Å². The first-order valence-corrected chi connectivity index (χ1v) is 12.6. The molecule has 0 aliphatic heterocycles. The molecule has 1 aliphatic rings. The summed E-state index contributed by atoms with van der Waals surface area (Å²) in [4.78, 5) is 14.8. The Kier molecular flexibility index (Phi) is 15.8. The van der Waals surface area contributed by atoms with E-state index in [1.54, 1.807) is 0 Å². The van der Waals surface area contributed by atoms with Gasteiger partial charge in [0.25, 0.3) is 0 Å². The third-order valence-corrected chi connectivity index (χ3v) is 5.81. The van der Waals surface area contributed by atoms with E-state index in [1.807, 2.05) is 4.90 Å². The van der Waals surface area contributed by atoms with Gasteiger partial charge in [0.2, 0.25) is 5.91 Å². The van der Waals surface area contributed by atoms with E-state index in [9.17, 15) is 4.79 Å². The van der Waals surface area contributed by atoms with Crippen LogP contribution in [0.5, 0.6) is 0 Å². The second kappa shape index (κ2) is 18.7. The lowest BCUT2D eigenvalue weighted by atomic mass is 9.91. The lowest BCUT2D eigenvalue weighted by Gasteiger charge is -2.37. The first kappa shape index (κ1) is 28.7. The standard InChI is InChI=1S/C26H44N2O6/c1-23-5-7-24(8-6-23)9-10-26(29)28(25-3-2-4-25)12-14-31-16-18-33-20-22-34-21-19-32-17-15-30-13-11-27/h5-8,25H,2-4,9-22,27H2,1H3. The highest BCUT2D eigenvalue weighted by Crippen LogP contribution is 2.25. The van der Waals surface area contributed by atoms with Gasteiger partial charge in [-0.25, -0.2) is 0 Å². The molecular formula is C26H44N2O6. The molecule has 1 amide bonds. The average molecular weight is 481 g/mol. The molecule has 8 heteroatoms. The van der Waals surface area contributed by atoms with Crippen molar-refractivity contribution < 1.29 is 28.5 Å². The molecule has 0 aromatic heterocycles. The molecule has 0 radical (unpaired) electrons. The summed E-state index contributed by atoms with van der Waals surface area (Å²) in [5.41, 5.74) is 7.79. The van der Waals surface area contributed by atoms with Crippen LogP contribution in [0.4, 0.5) is 0 Å². The molecule has 1 aromatic carbocycles. The number of nitrogens with zero attached hydrogens (tertiary/aromatic N) is 1. The molecule has 34 heavy (non-hydrogen) atoms. The van der Waals surface area contributed by atoms with E-state index in [4.69, 9.17) is 29.4 Å². The molecule has 0 heterocycles. The van der Waals surface area contributed by atoms with Gasteiger partial charge in [0.15, 0.2) is 0 Å². The second-order valence-corrected chi connectivity index (χ2v) is 8.51. The van der Waals surface area contributed by atoms with Gasteiger partial charge in [-0.05, 0) is 38.2 Å². The van der Waals surface area contributed by atoms with Crippen molar-refractivity contribution in [2.24, 2.45) is 5.73 Å². The number of ether oxygens (including phenoxy) is 5. The predicted octanol–water partition coefficient (Wildman–Crippen LogP) is 2.35. The van der Waals surface area contributed by atoms with E-state index in [0.717, 1.165) is 19.3 Å². The number of hydrogen-bond acceptors (Lipinski definition) is 7. The van der Waals surface area contributed by atoms with Crippen molar-refractivity contribution in [3.8, 4) is 0 Å². The van der Waals surface area contributed by atoms with Crippen LogP contribution in [-0.2, 0) is 34.9 Å². The number of hydrogen-bond donors (Lipinski definition) is 1. The number of rotatable bonds is 21. The van der Waals surface area contributed by atoms with E-state index >= 15 is 0 Å². The van der Waals surface area contributed by atoms with E-state index in [0.29, 0.717) is 91.6 Å². The minimum Gasteiger partial charge on any atom is -0.378 e. The van der Waals surface area contributed by atoms with Crippen LogP contribution in [0.2, 0.25) is 0 Å². The Balaban J connectivity index is 1.44. The maximum atomic E-state index is 12.8. The normalized spacial score (nSPS) is 13.7. The molecule has 0 saturated heterocycles. The van der Waals surface area contributed by atoms with E-state index in [2.05, 4.69) is 31.2 Å². The monoisotopic (exact) mass is 480 g/mol. The van der Waals surface area contributed by atoms with Gasteiger partial charge in [0.1, 0.15) is 0 Å². The number of aryl methyl sites for hydroxylation is 2. The summed E-state index contributed by atoms with van der Waals surface area (Å²) in [5, 5.41) is 0. The molecule has 8 nitrogen and oxygen atoms in total. The maximum absolute atomic E-state index is 12.8. The Bertz CT molecular complexity index is 639. The van der Waals surface area contributed by atoms with Crippen LogP contribution >= 0.6 is 0 Å². The Morgan fingerprint density at radius 2 is 1.32 bits per heavy atom. The zero-order valence-corrected chi connectivity index (χ0v) is 20.9. The maximum Gasteiger partial charge on any atom is 0.223 e. The van der Waals surface area contributed by atoms with E-state index in [1.165, 1.54) is 17.5 Å². The summed E-state index contributed by atoms with van der Waals surface area (Å²) >= 11 is 0. The summed E-state index contributed by atoms with van der Waals surface area (Å²) in [6.45, 7) is 8.62. The quantitative estimate of drug-likeness (QED) is 0.270. The molecule has 0 spiro atoms. The molecule has 0 bridgehead atoms. The number of carbonyl (C=O) groups is 1. The molecule has 194 valence electrons. The highest BCUT2D eigenvalue weighted by Gasteiger charge is 2.28. The third kappa shape index (κ3) is 12.8. The van der Waals surface area contributed by atoms with Crippen LogP contribution < -0.4 is 5.73 Å². The van der Waals surface area contributed by atoms with Gasteiger partial charge in [-0.15, -0.1) is 0 Å². The Morgan fingerprint density at radius 3 is 1.79 bits per heavy atom. The van der Waals surface area contributed by atoms with Crippen LogP contribution in [-0.4, -0.2) is 96.0 Å².